The molecule has 0 aromatic carbocycles. The van der Waals surface area contributed by atoms with Crippen LogP contribution in [0.5, 0.6) is 0 Å². The summed E-state index contributed by atoms with van der Waals surface area (Å²) in [6.45, 7) is 4.45. The van der Waals surface area contributed by atoms with E-state index in [0.29, 0.717) is 5.92 Å². The lowest BCUT2D eigenvalue weighted by Gasteiger charge is -2.07. The molecular formula is C10H14BrN. The largest absolute Gasteiger partial charge is 0.264 e. The predicted molar refractivity (Wildman–Crippen MR) is 55.4 cm³/mol. The first kappa shape index (κ1) is 9.72. The van der Waals surface area contributed by atoms with Gasteiger partial charge in [-0.15, -0.1) is 0 Å². The van der Waals surface area contributed by atoms with Crippen molar-refractivity contribution in [1.29, 1.82) is 0 Å². The van der Waals surface area contributed by atoms with Gasteiger partial charge in [0, 0.05) is 17.7 Å². The van der Waals surface area contributed by atoms with Crippen molar-refractivity contribution in [3.8, 4) is 0 Å². The van der Waals surface area contributed by atoms with Crippen LogP contribution in [0.25, 0.3) is 0 Å². The van der Waals surface area contributed by atoms with E-state index in [4.69, 9.17) is 0 Å². The molecular weight excluding hydrogens is 214 g/mol. The topological polar surface area (TPSA) is 12.9 Å². The molecule has 1 aromatic rings. The third-order valence-corrected chi connectivity index (χ3v) is 2.38. The van der Waals surface area contributed by atoms with Crippen molar-refractivity contribution in [3.05, 3.63) is 29.6 Å². The van der Waals surface area contributed by atoms with Crippen LogP contribution in [0, 0.1) is 5.92 Å². The number of hydrogen-bond acceptors (Lipinski definition) is 1. The van der Waals surface area contributed by atoms with Crippen LogP contribution in [-0.2, 0) is 11.8 Å². The summed E-state index contributed by atoms with van der Waals surface area (Å²) in [6, 6.07) is 2.08. The highest BCUT2D eigenvalue weighted by molar-refractivity contribution is 9.08. The molecule has 1 aromatic heterocycles. The molecule has 1 heterocycles. The van der Waals surface area contributed by atoms with E-state index in [1.807, 2.05) is 12.4 Å². The van der Waals surface area contributed by atoms with Crippen molar-refractivity contribution in [2.75, 3.05) is 0 Å². The molecule has 0 saturated heterocycles. The van der Waals surface area contributed by atoms with E-state index in [1.165, 1.54) is 11.1 Å². The van der Waals surface area contributed by atoms with E-state index in [9.17, 15) is 0 Å². The highest BCUT2D eigenvalue weighted by Crippen LogP contribution is 2.14. The van der Waals surface area contributed by atoms with Crippen LogP contribution in [0.15, 0.2) is 18.5 Å². The number of halogens is 1. The van der Waals surface area contributed by atoms with Crippen LogP contribution < -0.4 is 0 Å². The summed E-state index contributed by atoms with van der Waals surface area (Å²) in [4.78, 5) is 4.13. The summed E-state index contributed by atoms with van der Waals surface area (Å²) >= 11 is 3.47. The summed E-state index contributed by atoms with van der Waals surface area (Å²) < 4.78 is 0. The van der Waals surface area contributed by atoms with Crippen molar-refractivity contribution in [1.82, 2.24) is 4.98 Å². The van der Waals surface area contributed by atoms with Crippen molar-refractivity contribution >= 4 is 15.9 Å². The zero-order valence-electron chi connectivity index (χ0n) is 7.55. The van der Waals surface area contributed by atoms with Crippen LogP contribution in [0.2, 0.25) is 0 Å². The molecule has 0 amide bonds. The second-order valence-corrected chi connectivity index (χ2v) is 3.94. The van der Waals surface area contributed by atoms with Crippen LogP contribution >= 0.6 is 15.9 Å². The zero-order valence-corrected chi connectivity index (χ0v) is 9.13. The smallest absolute Gasteiger partial charge is 0.0303 e. The maximum Gasteiger partial charge on any atom is 0.0303 e. The van der Waals surface area contributed by atoms with Gasteiger partial charge in [0.05, 0.1) is 0 Å². The summed E-state index contributed by atoms with van der Waals surface area (Å²) in [6.07, 6.45) is 4.94. The first-order valence-electron chi connectivity index (χ1n) is 4.21. The van der Waals surface area contributed by atoms with Crippen LogP contribution in [-0.4, -0.2) is 4.98 Å². The Hall–Kier alpha value is -0.370. The fourth-order valence-electron chi connectivity index (χ4n) is 1.21. The van der Waals surface area contributed by atoms with Gasteiger partial charge in [0.15, 0.2) is 0 Å². The number of alkyl halides is 1. The second kappa shape index (κ2) is 4.61. The molecule has 0 aliphatic rings. The number of nitrogens with zero attached hydrogens (tertiary/aromatic N) is 1. The van der Waals surface area contributed by atoms with E-state index >= 15 is 0 Å². The standard InChI is InChI=1S/C10H14BrN/c1-8(2)5-10-7-12-4-3-9(10)6-11/h3-4,7-8H,5-6H2,1-2H3. The summed E-state index contributed by atoms with van der Waals surface area (Å²) in [7, 11) is 0. The molecule has 12 heavy (non-hydrogen) atoms. The monoisotopic (exact) mass is 227 g/mol. The molecule has 0 radical (unpaired) electrons. The quantitative estimate of drug-likeness (QED) is 0.724. The summed E-state index contributed by atoms with van der Waals surface area (Å²) in [5.41, 5.74) is 2.73. The minimum absolute atomic E-state index is 0.701. The Bertz CT molecular complexity index is 245. The third kappa shape index (κ3) is 2.59. The van der Waals surface area contributed by atoms with Gasteiger partial charge in [0.2, 0.25) is 0 Å². The third-order valence-electron chi connectivity index (χ3n) is 1.78. The van der Waals surface area contributed by atoms with Crippen molar-refractivity contribution in [2.45, 2.75) is 25.6 Å². The van der Waals surface area contributed by atoms with E-state index in [1.54, 1.807) is 0 Å². The molecule has 0 N–H and O–H groups in total. The molecule has 1 rings (SSSR count). The molecule has 0 fully saturated rings. The normalized spacial score (nSPS) is 10.7. The fraction of sp³-hybridized carbons (Fsp3) is 0.500. The van der Waals surface area contributed by atoms with Crippen molar-refractivity contribution in [3.63, 3.8) is 0 Å². The first-order chi connectivity index (χ1) is 5.74. The fourth-order valence-corrected chi connectivity index (χ4v) is 1.76. The molecule has 1 nitrogen and oxygen atoms in total. The molecule has 0 atom stereocenters. The van der Waals surface area contributed by atoms with Crippen LogP contribution in [0.3, 0.4) is 0 Å². The number of aromatic nitrogens is 1. The number of pyridine rings is 1. The van der Waals surface area contributed by atoms with E-state index < -0.39 is 0 Å². The Labute approximate surface area is 82.3 Å². The summed E-state index contributed by atoms with van der Waals surface area (Å²) in [5, 5.41) is 0.928. The Kier molecular flexibility index (Phi) is 3.73. The highest BCUT2D eigenvalue weighted by atomic mass is 79.9. The lowest BCUT2D eigenvalue weighted by molar-refractivity contribution is 0.643. The van der Waals surface area contributed by atoms with Gasteiger partial charge in [-0.1, -0.05) is 29.8 Å². The first-order valence-corrected chi connectivity index (χ1v) is 5.34. The Morgan fingerprint density at radius 3 is 2.75 bits per heavy atom. The van der Waals surface area contributed by atoms with E-state index in [2.05, 4.69) is 40.8 Å². The maximum absolute atomic E-state index is 4.13. The van der Waals surface area contributed by atoms with Gasteiger partial charge < -0.3 is 0 Å². The molecule has 0 aliphatic heterocycles. The molecule has 2 heteroatoms. The molecule has 66 valence electrons. The van der Waals surface area contributed by atoms with Crippen molar-refractivity contribution in [2.24, 2.45) is 5.92 Å². The SMILES string of the molecule is CC(C)Cc1cnccc1CBr. The van der Waals surface area contributed by atoms with Gasteiger partial charge in [-0.3, -0.25) is 4.98 Å². The van der Waals surface area contributed by atoms with Gasteiger partial charge in [0.1, 0.15) is 0 Å². The minimum atomic E-state index is 0.701. The maximum atomic E-state index is 4.13. The number of hydrogen-bond donors (Lipinski definition) is 0. The predicted octanol–water partition coefficient (Wildman–Crippen LogP) is 3.18. The Balaban J connectivity index is 2.82. The highest BCUT2D eigenvalue weighted by Gasteiger charge is 2.02. The van der Waals surface area contributed by atoms with Gasteiger partial charge in [-0.05, 0) is 29.5 Å². The van der Waals surface area contributed by atoms with Crippen LogP contribution in [0.4, 0.5) is 0 Å². The van der Waals surface area contributed by atoms with Gasteiger partial charge in [0.25, 0.3) is 0 Å². The van der Waals surface area contributed by atoms with Crippen molar-refractivity contribution < 1.29 is 0 Å². The van der Waals surface area contributed by atoms with Gasteiger partial charge >= 0.3 is 0 Å². The number of rotatable bonds is 3. The van der Waals surface area contributed by atoms with Gasteiger partial charge in [-0.2, -0.15) is 0 Å². The second-order valence-electron chi connectivity index (χ2n) is 3.38. The van der Waals surface area contributed by atoms with Gasteiger partial charge in [-0.25, -0.2) is 0 Å². The van der Waals surface area contributed by atoms with E-state index in [-0.39, 0.29) is 0 Å². The molecule has 0 saturated carbocycles. The molecule has 0 unspecified atom stereocenters. The average molecular weight is 228 g/mol. The zero-order chi connectivity index (χ0) is 8.97. The van der Waals surface area contributed by atoms with Crippen LogP contribution in [0.1, 0.15) is 25.0 Å². The lowest BCUT2D eigenvalue weighted by Crippen LogP contribution is -1.98. The Morgan fingerprint density at radius 1 is 1.42 bits per heavy atom. The summed E-state index contributed by atoms with van der Waals surface area (Å²) in [5.74, 6) is 0.701. The molecule has 0 aliphatic carbocycles. The molecule has 0 spiro atoms. The molecule has 0 bridgehead atoms. The van der Waals surface area contributed by atoms with E-state index in [0.717, 1.165) is 11.8 Å². The average Bonchev–Trinajstić information content (AvgIpc) is 2.04. The minimum Gasteiger partial charge on any atom is -0.264 e. The Morgan fingerprint density at radius 2 is 2.17 bits per heavy atom. The lowest BCUT2D eigenvalue weighted by atomic mass is 10.0.